The molecule has 1 N–H and O–H groups in total. The third kappa shape index (κ3) is 3.09. The van der Waals surface area contributed by atoms with E-state index in [1.165, 1.54) is 25.8 Å². The lowest BCUT2D eigenvalue weighted by Crippen LogP contribution is -2.39. The maximum Gasteiger partial charge on any atom is 0.203 e. The number of hydrogen-bond acceptors (Lipinski definition) is 3. The van der Waals surface area contributed by atoms with Gasteiger partial charge in [0, 0.05) is 31.5 Å². The molecule has 1 aliphatic heterocycles. The van der Waals surface area contributed by atoms with Crippen LogP contribution in [-0.2, 0) is 6.54 Å². The van der Waals surface area contributed by atoms with Crippen LogP contribution in [0.25, 0.3) is 0 Å². The molecule has 0 radical (unpaired) electrons. The summed E-state index contributed by atoms with van der Waals surface area (Å²) >= 11 is 0. The average molecular weight is 234 g/mol. The van der Waals surface area contributed by atoms with Crippen LogP contribution in [-0.4, -0.2) is 40.6 Å². The zero-order valence-electron chi connectivity index (χ0n) is 10.6. The lowest BCUT2D eigenvalue weighted by Gasteiger charge is -2.32. The van der Waals surface area contributed by atoms with Gasteiger partial charge < -0.3 is 14.8 Å². The topological polar surface area (TPSA) is 33.1 Å². The van der Waals surface area contributed by atoms with Gasteiger partial charge in [0.25, 0.3) is 0 Å². The number of likely N-dealkylation sites (N-methyl/N-ethyl adjacent to an activating group) is 1. The van der Waals surface area contributed by atoms with Crippen LogP contribution in [0.15, 0.2) is 25.0 Å². The van der Waals surface area contributed by atoms with Gasteiger partial charge in [0.15, 0.2) is 0 Å². The molecule has 1 saturated heterocycles. The number of nitrogens with zero attached hydrogens (tertiary/aromatic N) is 3. The van der Waals surface area contributed by atoms with Gasteiger partial charge in [-0.15, -0.1) is 6.58 Å². The van der Waals surface area contributed by atoms with Crippen LogP contribution < -0.4 is 5.32 Å². The van der Waals surface area contributed by atoms with Crippen molar-refractivity contribution < 1.29 is 0 Å². The van der Waals surface area contributed by atoms with Gasteiger partial charge in [0.1, 0.15) is 0 Å². The van der Waals surface area contributed by atoms with Crippen molar-refractivity contribution in [3.63, 3.8) is 0 Å². The highest BCUT2D eigenvalue weighted by molar-refractivity contribution is 5.26. The van der Waals surface area contributed by atoms with Crippen LogP contribution in [0, 0.1) is 0 Å². The second kappa shape index (κ2) is 5.87. The van der Waals surface area contributed by atoms with Crippen LogP contribution in [0.1, 0.15) is 19.3 Å². The molecule has 0 amide bonds. The Bertz CT molecular complexity index is 358. The molecule has 0 bridgehead atoms. The van der Waals surface area contributed by atoms with E-state index >= 15 is 0 Å². The quantitative estimate of drug-likeness (QED) is 0.791. The Morgan fingerprint density at radius 1 is 1.59 bits per heavy atom. The summed E-state index contributed by atoms with van der Waals surface area (Å²) in [6.07, 6.45) is 9.72. The molecule has 1 fully saturated rings. The lowest BCUT2D eigenvalue weighted by molar-refractivity contribution is 0.168. The summed E-state index contributed by atoms with van der Waals surface area (Å²) in [6, 6.07) is 0.641. The third-order valence-corrected chi connectivity index (χ3v) is 3.45. The van der Waals surface area contributed by atoms with Gasteiger partial charge in [-0.05, 0) is 26.4 Å². The van der Waals surface area contributed by atoms with E-state index in [0.29, 0.717) is 6.04 Å². The molecule has 0 aromatic carbocycles. The van der Waals surface area contributed by atoms with Crippen molar-refractivity contribution in [3.05, 3.63) is 25.0 Å². The van der Waals surface area contributed by atoms with E-state index < -0.39 is 0 Å². The van der Waals surface area contributed by atoms with Crippen LogP contribution >= 0.6 is 0 Å². The lowest BCUT2D eigenvalue weighted by atomic mass is 10.0. The summed E-state index contributed by atoms with van der Waals surface area (Å²) in [5, 5.41) is 3.26. The molecule has 2 heterocycles. The molecular weight excluding hydrogens is 212 g/mol. The van der Waals surface area contributed by atoms with Crippen molar-refractivity contribution in [3.8, 4) is 0 Å². The molecule has 1 aromatic heterocycles. The molecule has 1 atom stereocenters. The molecule has 0 aliphatic carbocycles. The van der Waals surface area contributed by atoms with Crippen LogP contribution in [0.3, 0.4) is 0 Å². The van der Waals surface area contributed by atoms with E-state index in [0.717, 1.165) is 19.0 Å². The fraction of sp³-hybridized carbons (Fsp3) is 0.615. The molecule has 4 nitrogen and oxygen atoms in total. The number of hydrogen-bond donors (Lipinski definition) is 1. The first-order valence-corrected chi connectivity index (χ1v) is 6.37. The Balaban J connectivity index is 1.97. The molecule has 1 unspecified atom stereocenters. The zero-order chi connectivity index (χ0) is 12.1. The van der Waals surface area contributed by atoms with Crippen molar-refractivity contribution in [2.75, 3.05) is 25.5 Å². The smallest absolute Gasteiger partial charge is 0.203 e. The van der Waals surface area contributed by atoms with Crippen LogP contribution in [0.2, 0.25) is 0 Å². The number of piperidine rings is 1. The predicted molar refractivity (Wildman–Crippen MR) is 71.2 cm³/mol. The van der Waals surface area contributed by atoms with Crippen molar-refractivity contribution in [2.24, 2.45) is 0 Å². The largest absolute Gasteiger partial charge is 0.352 e. The summed E-state index contributed by atoms with van der Waals surface area (Å²) < 4.78 is 2.20. The molecule has 1 aromatic rings. The van der Waals surface area contributed by atoms with E-state index in [1.54, 1.807) is 0 Å². The van der Waals surface area contributed by atoms with Gasteiger partial charge >= 0.3 is 0 Å². The summed E-state index contributed by atoms with van der Waals surface area (Å²) in [5.41, 5.74) is 0. The van der Waals surface area contributed by atoms with Gasteiger partial charge in [-0.25, -0.2) is 4.98 Å². The van der Waals surface area contributed by atoms with E-state index in [2.05, 4.69) is 33.4 Å². The number of rotatable bonds is 5. The predicted octanol–water partition coefficient (Wildman–Crippen LogP) is 1.97. The molecule has 94 valence electrons. The molecule has 1 aliphatic rings. The van der Waals surface area contributed by atoms with E-state index in [1.807, 2.05) is 18.5 Å². The van der Waals surface area contributed by atoms with Crippen molar-refractivity contribution in [1.29, 1.82) is 0 Å². The fourth-order valence-electron chi connectivity index (χ4n) is 2.39. The Kier molecular flexibility index (Phi) is 4.20. The average Bonchev–Trinajstić information content (AvgIpc) is 2.77. The van der Waals surface area contributed by atoms with Crippen LogP contribution in [0.5, 0.6) is 0 Å². The molecule has 17 heavy (non-hydrogen) atoms. The highest BCUT2D eigenvalue weighted by atomic mass is 15.2. The van der Waals surface area contributed by atoms with Gasteiger partial charge in [-0.2, -0.15) is 0 Å². The first kappa shape index (κ1) is 12.2. The van der Waals surface area contributed by atoms with Crippen molar-refractivity contribution in [1.82, 2.24) is 14.5 Å². The van der Waals surface area contributed by atoms with Gasteiger partial charge in [-0.1, -0.05) is 12.5 Å². The Morgan fingerprint density at radius 3 is 3.24 bits per heavy atom. The Labute approximate surface area is 103 Å². The highest BCUT2D eigenvalue weighted by Crippen LogP contribution is 2.18. The van der Waals surface area contributed by atoms with Crippen molar-refractivity contribution >= 4 is 5.95 Å². The number of anilines is 1. The zero-order valence-corrected chi connectivity index (χ0v) is 10.6. The van der Waals surface area contributed by atoms with E-state index in [9.17, 15) is 0 Å². The molecule has 0 saturated carbocycles. The fourth-order valence-corrected chi connectivity index (χ4v) is 2.39. The number of aromatic nitrogens is 2. The Morgan fingerprint density at radius 2 is 2.47 bits per heavy atom. The second-order valence-corrected chi connectivity index (χ2v) is 4.70. The first-order chi connectivity index (χ1) is 8.31. The van der Waals surface area contributed by atoms with E-state index in [-0.39, 0.29) is 0 Å². The number of nitrogens with one attached hydrogen (secondary N) is 1. The van der Waals surface area contributed by atoms with Crippen LogP contribution in [0.4, 0.5) is 5.95 Å². The monoisotopic (exact) mass is 234 g/mol. The summed E-state index contributed by atoms with van der Waals surface area (Å²) in [6.45, 7) is 6.71. The molecule has 2 rings (SSSR count). The summed E-state index contributed by atoms with van der Waals surface area (Å²) in [4.78, 5) is 6.79. The summed E-state index contributed by atoms with van der Waals surface area (Å²) in [7, 11) is 2.22. The molecule has 4 heteroatoms. The normalized spacial score (nSPS) is 21.4. The third-order valence-electron chi connectivity index (χ3n) is 3.45. The maximum atomic E-state index is 4.33. The minimum atomic E-state index is 0.641. The maximum absolute atomic E-state index is 4.33. The van der Waals surface area contributed by atoms with E-state index in [4.69, 9.17) is 0 Å². The number of likely N-dealkylation sites (tertiary alicyclic amines) is 1. The SMILES string of the molecule is C=CCNc1nccn1CC1CCCCN1C. The van der Waals surface area contributed by atoms with Crippen molar-refractivity contribution in [2.45, 2.75) is 31.8 Å². The Hall–Kier alpha value is -1.29. The molecule has 0 spiro atoms. The minimum absolute atomic E-state index is 0.641. The minimum Gasteiger partial charge on any atom is -0.352 e. The van der Waals surface area contributed by atoms with Gasteiger partial charge in [0.05, 0.1) is 0 Å². The second-order valence-electron chi connectivity index (χ2n) is 4.70. The highest BCUT2D eigenvalue weighted by Gasteiger charge is 2.19. The standard InChI is InChI=1S/C13H22N4/c1-3-7-14-13-15-8-10-17(13)11-12-6-4-5-9-16(12)2/h3,8,10,12H,1,4-7,9,11H2,2H3,(H,14,15). The number of imidazole rings is 1. The summed E-state index contributed by atoms with van der Waals surface area (Å²) in [5.74, 6) is 0.948. The molecular formula is C13H22N4. The first-order valence-electron chi connectivity index (χ1n) is 6.37. The van der Waals surface area contributed by atoms with Gasteiger partial charge in [-0.3, -0.25) is 0 Å². The van der Waals surface area contributed by atoms with Gasteiger partial charge in [0.2, 0.25) is 5.95 Å².